The molecule has 0 spiro atoms. The Labute approximate surface area is 232 Å². The van der Waals surface area contributed by atoms with Crippen molar-refractivity contribution >= 4 is 23.2 Å². The molecule has 11 heteroatoms. The van der Waals surface area contributed by atoms with Crippen molar-refractivity contribution < 1.29 is 39.5 Å². The van der Waals surface area contributed by atoms with Crippen molar-refractivity contribution in [2.45, 2.75) is 69.6 Å². The van der Waals surface area contributed by atoms with E-state index in [-0.39, 0.29) is 35.8 Å². The summed E-state index contributed by atoms with van der Waals surface area (Å²) in [5.41, 5.74) is 8.85. The van der Waals surface area contributed by atoms with Gasteiger partial charge in [0.1, 0.15) is 28.6 Å². The molecule has 1 heterocycles. The highest BCUT2D eigenvalue weighted by atomic mass is 16.5. The number of likely N-dealkylation sites (tertiary alicyclic amines) is 1. The lowest BCUT2D eigenvalue weighted by atomic mass is 9.58. The van der Waals surface area contributed by atoms with E-state index >= 15 is 0 Å². The van der Waals surface area contributed by atoms with Gasteiger partial charge in [-0.05, 0) is 57.2 Å². The number of benzene rings is 1. The number of hydrogen-bond donors (Lipinski definition) is 6. The van der Waals surface area contributed by atoms with Crippen LogP contribution in [0.25, 0.3) is 5.76 Å². The molecule has 5 atom stereocenters. The third-order valence-corrected chi connectivity index (χ3v) is 9.21. The first-order valence-corrected chi connectivity index (χ1v) is 13.9. The maximum atomic E-state index is 13.8. The van der Waals surface area contributed by atoms with Gasteiger partial charge in [-0.25, -0.2) is 0 Å². The molecular weight excluding hydrogens is 518 g/mol. The number of ketones is 2. The minimum atomic E-state index is -2.72. The molecule has 0 unspecified atom stereocenters. The predicted molar refractivity (Wildman–Crippen MR) is 144 cm³/mol. The zero-order valence-corrected chi connectivity index (χ0v) is 22.8. The van der Waals surface area contributed by atoms with Crippen molar-refractivity contribution in [1.82, 2.24) is 4.90 Å². The van der Waals surface area contributed by atoms with Gasteiger partial charge in [-0.3, -0.25) is 19.3 Å². The number of amides is 1. The van der Waals surface area contributed by atoms with Gasteiger partial charge in [0, 0.05) is 28.7 Å². The van der Waals surface area contributed by atoms with E-state index in [1.54, 1.807) is 6.07 Å². The Morgan fingerprint density at radius 1 is 1.23 bits per heavy atom. The monoisotopic (exact) mass is 555 g/mol. The molecule has 1 saturated carbocycles. The topological polar surface area (TPSA) is 197 Å². The second kappa shape index (κ2) is 10.2. The van der Waals surface area contributed by atoms with Gasteiger partial charge in [-0.2, -0.15) is 0 Å². The summed E-state index contributed by atoms with van der Waals surface area (Å²) in [6.07, 6.45) is 5.29. The Kier molecular flexibility index (Phi) is 7.18. The fourth-order valence-electron chi connectivity index (χ4n) is 7.29. The van der Waals surface area contributed by atoms with Crippen molar-refractivity contribution in [3.05, 3.63) is 39.7 Å². The van der Waals surface area contributed by atoms with Crippen LogP contribution in [0.15, 0.2) is 23.0 Å². The smallest absolute Gasteiger partial charge is 0.255 e. The van der Waals surface area contributed by atoms with Crippen LogP contribution in [0.1, 0.15) is 68.2 Å². The molecule has 5 rings (SSSR count). The van der Waals surface area contributed by atoms with E-state index in [0.717, 1.165) is 50.8 Å². The van der Waals surface area contributed by atoms with Gasteiger partial charge < -0.3 is 36.6 Å². The van der Waals surface area contributed by atoms with Crippen LogP contribution in [0, 0.1) is 11.8 Å². The molecular formula is C29H37N3O8. The van der Waals surface area contributed by atoms with Gasteiger partial charge in [-0.1, -0.05) is 19.8 Å². The molecule has 1 aromatic rings. The van der Waals surface area contributed by atoms with E-state index in [1.165, 1.54) is 7.11 Å². The number of ether oxygens (including phenoxy) is 1. The lowest BCUT2D eigenvalue weighted by Crippen LogP contribution is -2.65. The Hall–Kier alpha value is -3.41. The van der Waals surface area contributed by atoms with Crippen LogP contribution in [0.4, 0.5) is 0 Å². The number of primary amides is 1. The van der Waals surface area contributed by atoms with E-state index in [9.17, 15) is 34.8 Å². The van der Waals surface area contributed by atoms with Crippen molar-refractivity contribution in [2.24, 2.45) is 23.3 Å². The fourth-order valence-corrected chi connectivity index (χ4v) is 7.29. The van der Waals surface area contributed by atoms with Gasteiger partial charge in [0.15, 0.2) is 11.4 Å². The molecule has 1 saturated heterocycles. The van der Waals surface area contributed by atoms with Gasteiger partial charge in [0.05, 0.1) is 18.7 Å². The van der Waals surface area contributed by atoms with Crippen LogP contribution < -0.4 is 16.2 Å². The fraction of sp³-hybridized carbons (Fsp3) is 0.552. The summed E-state index contributed by atoms with van der Waals surface area (Å²) in [6, 6.07) is 0.113. The maximum absolute atomic E-state index is 13.8. The maximum Gasteiger partial charge on any atom is 0.255 e. The summed E-state index contributed by atoms with van der Waals surface area (Å²) in [4.78, 5) is 40.8. The molecule has 0 bridgehead atoms. The minimum Gasteiger partial charge on any atom is -0.508 e. The summed E-state index contributed by atoms with van der Waals surface area (Å²) in [6.45, 7) is 4.00. The van der Waals surface area contributed by atoms with E-state index in [1.807, 2.05) is 0 Å². The third-order valence-electron chi connectivity index (χ3n) is 9.21. The molecule has 8 N–H and O–H groups in total. The van der Waals surface area contributed by atoms with E-state index in [2.05, 4.69) is 11.8 Å². The third kappa shape index (κ3) is 3.93. The average molecular weight is 556 g/mol. The van der Waals surface area contributed by atoms with Crippen molar-refractivity contribution in [1.29, 1.82) is 0 Å². The number of aromatic hydroxyl groups is 1. The standard InChI is InChI=1S/C29H37N3O8/c1-3-4-5-8-32-9-6-7-17(32)14-12-18(33)20-15(25(14)40-2)10-13-11-16-22(30)24(35)21(28(31)38)27(37)29(16,39)26(36)19(13)23(20)34/h12-13,16-17,22,33-34,37,39H,3-11,30H2,1-2H3,(H2,31,38)/t13-,16-,17-,22-,29-/m0/s1. The Morgan fingerprint density at radius 3 is 2.60 bits per heavy atom. The first-order chi connectivity index (χ1) is 19.0. The normalized spacial score (nSPS) is 30.3. The molecule has 0 aromatic heterocycles. The Morgan fingerprint density at radius 2 is 1.95 bits per heavy atom. The van der Waals surface area contributed by atoms with Gasteiger partial charge in [0.2, 0.25) is 5.78 Å². The first kappa shape index (κ1) is 28.1. The number of phenolic OH excluding ortho intramolecular Hbond substituents is 1. The zero-order chi connectivity index (χ0) is 29.1. The number of carbonyl (C=O) groups is 3. The zero-order valence-electron chi connectivity index (χ0n) is 22.8. The Balaban J connectivity index is 1.62. The predicted octanol–water partition coefficient (Wildman–Crippen LogP) is 1.70. The molecule has 4 aliphatic rings. The number of carbonyl (C=O) groups excluding carboxylic acids is 3. The second-order valence-electron chi connectivity index (χ2n) is 11.4. The summed E-state index contributed by atoms with van der Waals surface area (Å²) in [5, 5.41) is 44.8. The first-order valence-electron chi connectivity index (χ1n) is 13.9. The van der Waals surface area contributed by atoms with E-state index in [0.29, 0.717) is 11.3 Å². The highest BCUT2D eigenvalue weighted by Gasteiger charge is 2.63. The Bertz CT molecular complexity index is 1350. The van der Waals surface area contributed by atoms with Crippen molar-refractivity contribution in [3.8, 4) is 11.5 Å². The molecule has 40 heavy (non-hydrogen) atoms. The van der Waals surface area contributed by atoms with Crippen LogP contribution >= 0.6 is 0 Å². The van der Waals surface area contributed by atoms with E-state index in [4.69, 9.17) is 16.2 Å². The quantitative estimate of drug-likeness (QED) is 0.213. The molecule has 11 nitrogen and oxygen atoms in total. The largest absolute Gasteiger partial charge is 0.508 e. The number of hydrogen-bond acceptors (Lipinski definition) is 10. The van der Waals surface area contributed by atoms with Crippen LogP contribution in [-0.4, -0.2) is 74.6 Å². The highest BCUT2D eigenvalue weighted by molar-refractivity contribution is 6.24. The van der Waals surface area contributed by atoms with Crippen molar-refractivity contribution in [2.75, 3.05) is 20.2 Å². The number of aliphatic hydroxyl groups is 3. The average Bonchev–Trinajstić information content (AvgIpc) is 3.37. The van der Waals surface area contributed by atoms with Gasteiger partial charge >= 0.3 is 0 Å². The molecule has 216 valence electrons. The summed E-state index contributed by atoms with van der Waals surface area (Å²) in [7, 11) is 1.53. The number of aliphatic hydroxyl groups excluding tert-OH is 2. The number of methoxy groups -OCH3 is 1. The van der Waals surface area contributed by atoms with Gasteiger partial charge in [0.25, 0.3) is 5.91 Å². The number of rotatable bonds is 7. The van der Waals surface area contributed by atoms with Gasteiger partial charge in [-0.15, -0.1) is 0 Å². The lowest BCUT2D eigenvalue weighted by molar-refractivity contribution is -0.149. The van der Waals surface area contributed by atoms with Crippen LogP contribution in [-0.2, 0) is 20.8 Å². The highest BCUT2D eigenvalue weighted by Crippen LogP contribution is 2.54. The molecule has 1 amide bonds. The van der Waals surface area contributed by atoms with Crippen molar-refractivity contribution in [3.63, 3.8) is 0 Å². The van der Waals surface area contributed by atoms with Crippen LogP contribution in [0.3, 0.4) is 0 Å². The number of fused-ring (bicyclic) bond motifs is 3. The molecule has 2 fully saturated rings. The SMILES string of the molecule is CCCCCN1CCC[C@H]1c1cc(O)c2c(c1OC)C[C@H]1C[C@H]3[C@H](N)C(=O)C(C(N)=O)=C(O)[C@@]3(O)C(=O)C1=C2O. The minimum absolute atomic E-state index is 0.0206. The van der Waals surface area contributed by atoms with Crippen LogP contribution in [0.2, 0.25) is 0 Å². The number of phenols is 1. The summed E-state index contributed by atoms with van der Waals surface area (Å²) < 4.78 is 5.88. The number of nitrogens with two attached hydrogens (primary N) is 2. The van der Waals surface area contributed by atoms with E-state index < -0.39 is 58.0 Å². The summed E-state index contributed by atoms with van der Waals surface area (Å²) >= 11 is 0. The second-order valence-corrected chi connectivity index (χ2v) is 11.4. The lowest BCUT2D eigenvalue weighted by Gasteiger charge is -2.48. The van der Waals surface area contributed by atoms with Crippen LogP contribution in [0.5, 0.6) is 11.5 Å². The molecule has 1 aliphatic heterocycles. The number of Topliss-reactive ketones (excluding diaryl/α,β-unsaturated/α-hetero) is 2. The summed E-state index contributed by atoms with van der Waals surface area (Å²) in [5.74, 6) is -6.74. The molecule has 0 radical (unpaired) electrons. The number of nitrogens with zero attached hydrogens (tertiary/aromatic N) is 1. The molecule has 3 aliphatic carbocycles. The number of unbranched alkanes of at least 4 members (excludes halogenated alkanes) is 2. The molecule has 1 aromatic carbocycles.